The van der Waals surface area contributed by atoms with Crippen LogP contribution in [0.15, 0.2) is 71.2 Å². The highest BCUT2D eigenvalue weighted by Crippen LogP contribution is 2.44. The molecule has 2 amide bonds. The van der Waals surface area contributed by atoms with Crippen LogP contribution in [0.25, 0.3) is 11.1 Å². The number of anilines is 1. The van der Waals surface area contributed by atoms with Gasteiger partial charge in [-0.15, -0.1) is 0 Å². The summed E-state index contributed by atoms with van der Waals surface area (Å²) in [5.74, 6) is -2.36. The van der Waals surface area contributed by atoms with E-state index in [0.717, 1.165) is 22.3 Å². The number of aliphatic carboxylic acids is 1. The summed E-state index contributed by atoms with van der Waals surface area (Å²) in [6, 6.07) is 20.3. The van der Waals surface area contributed by atoms with Gasteiger partial charge in [-0.25, -0.2) is 4.79 Å². The van der Waals surface area contributed by atoms with Crippen LogP contribution >= 0.6 is 15.9 Å². The van der Waals surface area contributed by atoms with E-state index in [1.807, 2.05) is 36.4 Å². The Morgan fingerprint density at radius 1 is 0.971 bits per heavy atom. The van der Waals surface area contributed by atoms with Gasteiger partial charge in [0.2, 0.25) is 0 Å². The summed E-state index contributed by atoms with van der Waals surface area (Å²) in [6.07, 6.45) is -0.689. The number of carbonyl (C=O) groups excluding carboxylic acids is 2. The highest BCUT2D eigenvalue weighted by Gasteiger charge is 2.29. The van der Waals surface area contributed by atoms with Gasteiger partial charge in [0.15, 0.2) is 0 Å². The summed E-state index contributed by atoms with van der Waals surface area (Å²) in [6.45, 7) is 3.28. The van der Waals surface area contributed by atoms with Crippen LogP contribution in [0.4, 0.5) is 10.5 Å². The average Bonchev–Trinajstić information content (AvgIpc) is 3.16. The SMILES string of the molecule is CC(NC(=O)c1ccc(Br)cc1NC(=O)OCC1c2ccccc2-c2ccccc21)C(C)C(=O)O. The zero-order valence-electron chi connectivity index (χ0n) is 19.2. The first-order valence-electron chi connectivity index (χ1n) is 11.2. The third-order valence-corrected chi connectivity index (χ3v) is 6.80. The molecule has 4 rings (SSSR count). The number of amides is 2. The van der Waals surface area contributed by atoms with Crippen molar-refractivity contribution in [1.82, 2.24) is 5.32 Å². The maximum absolute atomic E-state index is 12.8. The second kappa shape index (κ2) is 10.3. The average molecular weight is 537 g/mol. The van der Waals surface area contributed by atoms with Gasteiger partial charge in [-0.2, -0.15) is 0 Å². The molecule has 35 heavy (non-hydrogen) atoms. The number of halogens is 1. The second-order valence-electron chi connectivity index (χ2n) is 8.53. The summed E-state index contributed by atoms with van der Waals surface area (Å²) < 4.78 is 6.26. The van der Waals surface area contributed by atoms with Gasteiger partial charge < -0.3 is 15.2 Å². The third kappa shape index (κ3) is 5.22. The fourth-order valence-electron chi connectivity index (χ4n) is 4.19. The van der Waals surface area contributed by atoms with Crippen LogP contribution in [-0.4, -0.2) is 35.7 Å². The fourth-order valence-corrected chi connectivity index (χ4v) is 4.55. The molecule has 2 atom stereocenters. The van der Waals surface area contributed by atoms with Crippen molar-refractivity contribution in [2.24, 2.45) is 5.92 Å². The Morgan fingerprint density at radius 2 is 1.57 bits per heavy atom. The van der Waals surface area contributed by atoms with Crippen molar-refractivity contribution in [1.29, 1.82) is 0 Å². The van der Waals surface area contributed by atoms with Crippen LogP contribution in [0.2, 0.25) is 0 Å². The minimum absolute atomic E-state index is 0.0863. The Bertz CT molecular complexity index is 1250. The summed E-state index contributed by atoms with van der Waals surface area (Å²) in [5, 5.41) is 14.5. The van der Waals surface area contributed by atoms with Gasteiger partial charge in [0, 0.05) is 16.4 Å². The quantitative estimate of drug-likeness (QED) is 0.362. The number of hydrogen-bond acceptors (Lipinski definition) is 4. The molecule has 0 bridgehead atoms. The third-order valence-electron chi connectivity index (χ3n) is 6.30. The molecule has 2 unspecified atom stereocenters. The van der Waals surface area contributed by atoms with Crippen molar-refractivity contribution in [3.05, 3.63) is 87.9 Å². The monoisotopic (exact) mass is 536 g/mol. The normalized spacial score (nSPS) is 13.8. The lowest BCUT2D eigenvalue weighted by Gasteiger charge is -2.19. The fraction of sp³-hybridized carbons (Fsp3) is 0.222. The van der Waals surface area contributed by atoms with Gasteiger partial charge >= 0.3 is 12.1 Å². The predicted molar refractivity (Wildman–Crippen MR) is 137 cm³/mol. The standard InChI is InChI=1S/C27H25BrN2O5/c1-15(26(32)33)16(2)29-25(31)22-12-11-17(28)13-24(22)30-27(34)35-14-23-20-9-5-3-7-18(20)19-8-4-6-10-21(19)23/h3-13,15-16,23H,14H2,1-2H3,(H,29,31)(H,30,34)(H,32,33). The highest BCUT2D eigenvalue weighted by atomic mass is 79.9. The smallest absolute Gasteiger partial charge is 0.411 e. The topological polar surface area (TPSA) is 105 Å². The van der Waals surface area contributed by atoms with E-state index in [1.165, 1.54) is 6.92 Å². The summed E-state index contributed by atoms with van der Waals surface area (Å²) in [7, 11) is 0. The van der Waals surface area contributed by atoms with Crippen molar-refractivity contribution in [3.63, 3.8) is 0 Å². The van der Waals surface area contributed by atoms with E-state index in [-0.39, 0.29) is 23.8 Å². The van der Waals surface area contributed by atoms with E-state index in [0.29, 0.717) is 4.47 Å². The summed E-state index contributed by atoms with van der Waals surface area (Å²) >= 11 is 3.36. The highest BCUT2D eigenvalue weighted by molar-refractivity contribution is 9.10. The van der Waals surface area contributed by atoms with Crippen molar-refractivity contribution < 1.29 is 24.2 Å². The molecule has 8 heteroatoms. The predicted octanol–water partition coefficient (Wildman–Crippen LogP) is 5.65. The van der Waals surface area contributed by atoms with E-state index in [9.17, 15) is 19.5 Å². The van der Waals surface area contributed by atoms with Gasteiger partial charge in [0.25, 0.3) is 5.91 Å². The number of carbonyl (C=O) groups is 3. The van der Waals surface area contributed by atoms with Crippen LogP contribution in [-0.2, 0) is 9.53 Å². The van der Waals surface area contributed by atoms with Crippen molar-refractivity contribution in [2.45, 2.75) is 25.8 Å². The van der Waals surface area contributed by atoms with E-state index < -0.39 is 29.9 Å². The van der Waals surface area contributed by atoms with Gasteiger partial charge in [-0.1, -0.05) is 64.5 Å². The van der Waals surface area contributed by atoms with Crippen LogP contribution in [0.1, 0.15) is 41.3 Å². The molecule has 0 saturated carbocycles. The maximum atomic E-state index is 12.8. The van der Waals surface area contributed by atoms with Crippen molar-refractivity contribution in [2.75, 3.05) is 11.9 Å². The second-order valence-corrected chi connectivity index (χ2v) is 9.45. The van der Waals surface area contributed by atoms with Gasteiger partial charge in [0.1, 0.15) is 6.61 Å². The molecule has 0 aliphatic heterocycles. The van der Waals surface area contributed by atoms with Gasteiger partial charge in [0.05, 0.1) is 17.2 Å². The lowest BCUT2D eigenvalue weighted by atomic mass is 9.98. The number of ether oxygens (including phenoxy) is 1. The molecular formula is C27H25BrN2O5. The largest absolute Gasteiger partial charge is 0.481 e. The zero-order valence-corrected chi connectivity index (χ0v) is 20.8. The molecular weight excluding hydrogens is 512 g/mol. The summed E-state index contributed by atoms with van der Waals surface area (Å²) in [5.41, 5.74) is 4.92. The van der Waals surface area contributed by atoms with Crippen LogP contribution in [0, 0.1) is 5.92 Å². The number of benzene rings is 3. The first-order valence-corrected chi connectivity index (χ1v) is 12.0. The van der Waals surface area contributed by atoms with E-state index in [1.54, 1.807) is 25.1 Å². The molecule has 0 spiro atoms. The maximum Gasteiger partial charge on any atom is 0.411 e. The minimum Gasteiger partial charge on any atom is -0.481 e. The number of rotatable bonds is 7. The number of hydrogen-bond donors (Lipinski definition) is 3. The Kier molecular flexibility index (Phi) is 7.21. The molecule has 0 saturated heterocycles. The minimum atomic E-state index is -1.01. The molecule has 0 aromatic heterocycles. The Hall–Kier alpha value is -3.65. The number of nitrogens with one attached hydrogen (secondary N) is 2. The van der Waals surface area contributed by atoms with E-state index >= 15 is 0 Å². The van der Waals surface area contributed by atoms with Crippen molar-refractivity contribution >= 4 is 39.6 Å². The zero-order chi connectivity index (χ0) is 25.1. The van der Waals surface area contributed by atoms with Gasteiger partial charge in [-0.3, -0.25) is 14.9 Å². The summed E-state index contributed by atoms with van der Waals surface area (Å²) in [4.78, 5) is 36.8. The molecule has 0 fully saturated rings. The molecule has 3 aromatic carbocycles. The Labute approximate surface area is 211 Å². The lowest BCUT2D eigenvalue weighted by Crippen LogP contribution is -2.40. The number of carboxylic acid groups (broad SMARTS) is 1. The molecule has 0 heterocycles. The van der Waals surface area contributed by atoms with E-state index in [4.69, 9.17) is 4.74 Å². The molecule has 180 valence electrons. The first kappa shape index (κ1) is 24.5. The van der Waals surface area contributed by atoms with Crippen molar-refractivity contribution in [3.8, 4) is 11.1 Å². The van der Waals surface area contributed by atoms with Crippen LogP contribution in [0.3, 0.4) is 0 Å². The molecule has 1 aliphatic carbocycles. The van der Waals surface area contributed by atoms with Gasteiger partial charge in [-0.05, 0) is 54.3 Å². The number of carboxylic acids is 1. The molecule has 7 nitrogen and oxygen atoms in total. The Balaban J connectivity index is 1.47. The molecule has 3 aromatic rings. The first-order chi connectivity index (χ1) is 16.8. The lowest BCUT2D eigenvalue weighted by molar-refractivity contribution is -0.141. The van der Waals surface area contributed by atoms with Crippen LogP contribution < -0.4 is 10.6 Å². The molecule has 3 N–H and O–H groups in total. The number of fused-ring (bicyclic) bond motifs is 3. The van der Waals surface area contributed by atoms with Crippen LogP contribution in [0.5, 0.6) is 0 Å². The Morgan fingerprint density at radius 3 is 2.17 bits per heavy atom. The van der Waals surface area contributed by atoms with E-state index in [2.05, 4.69) is 38.7 Å². The molecule has 1 aliphatic rings. The molecule has 0 radical (unpaired) electrons.